The molecule has 0 spiro atoms. The molecule has 1 unspecified atom stereocenters. The van der Waals surface area contributed by atoms with Crippen LogP contribution in [0.25, 0.3) is 12.2 Å². The third kappa shape index (κ3) is 14.6. The van der Waals surface area contributed by atoms with Crippen LogP contribution >= 0.6 is 15.9 Å². The molecule has 0 aromatic carbocycles. The first-order valence-corrected chi connectivity index (χ1v) is 25.2. The number of aliphatic hydroxyl groups is 3. The average Bonchev–Trinajstić information content (AvgIpc) is 3.96. The Morgan fingerprint density at radius 2 is 1.78 bits per heavy atom. The molecule has 8 bridgehead atoms. The Morgan fingerprint density at radius 1 is 0.986 bits per heavy atom. The van der Waals surface area contributed by atoms with Crippen molar-refractivity contribution in [2.45, 2.75) is 177 Å². The van der Waals surface area contributed by atoms with Crippen LogP contribution in [0.3, 0.4) is 0 Å². The third-order valence-electron chi connectivity index (χ3n) is 13.9. The van der Waals surface area contributed by atoms with Crippen molar-refractivity contribution in [3.8, 4) is 0 Å². The zero-order chi connectivity index (χ0) is 49.2. The van der Waals surface area contributed by atoms with Gasteiger partial charge in [0.1, 0.15) is 36.1 Å². The summed E-state index contributed by atoms with van der Waals surface area (Å²) >= 11 is 3.28. The average molecular weight is 1020 g/mol. The van der Waals surface area contributed by atoms with Gasteiger partial charge in [-0.2, -0.15) is 0 Å². The minimum atomic E-state index is -1.73. The van der Waals surface area contributed by atoms with Gasteiger partial charge in [0, 0.05) is 57.8 Å². The molecule has 378 valence electrons. The molecule has 5 aliphatic rings. The zero-order valence-corrected chi connectivity index (χ0v) is 42.3. The number of hydrogen-bond acceptors (Lipinski definition) is 15. The lowest BCUT2D eigenvalue weighted by Crippen LogP contribution is -2.51. The van der Waals surface area contributed by atoms with Gasteiger partial charge in [-0.15, -0.1) is 0 Å². The second-order valence-electron chi connectivity index (χ2n) is 19.5. The summed E-state index contributed by atoms with van der Waals surface area (Å²) in [6.07, 6.45) is 19.5. The molecule has 15 atom stereocenters. The number of hydrogen-bond donors (Lipinski definition) is 3. The van der Waals surface area contributed by atoms with Crippen LogP contribution in [0.1, 0.15) is 121 Å². The van der Waals surface area contributed by atoms with Crippen molar-refractivity contribution in [1.29, 1.82) is 0 Å². The van der Waals surface area contributed by atoms with Gasteiger partial charge in [0.05, 0.1) is 67.5 Å². The minimum Gasteiger partial charge on any atom is -0.458 e. The van der Waals surface area contributed by atoms with Crippen molar-refractivity contribution in [2.24, 2.45) is 11.8 Å². The van der Waals surface area contributed by atoms with Gasteiger partial charge in [0.2, 0.25) is 5.89 Å². The van der Waals surface area contributed by atoms with E-state index in [1.54, 1.807) is 37.6 Å². The molecular weight excluding hydrogens is 952 g/mol. The Hall–Kier alpha value is -3.81. The molecule has 5 aliphatic heterocycles. The molecule has 7 rings (SSSR count). The largest absolute Gasteiger partial charge is 0.458 e. The number of ether oxygens (including phenoxy) is 7. The van der Waals surface area contributed by atoms with E-state index >= 15 is 0 Å². The van der Waals surface area contributed by atoms with Crippen LogP contribution in [0.15, 0.2) is 92.2 Å². The van der Waals surface area contributed by atoms with Crippen molar-refractivity contribution >= 4 is 34.1 Å². The maximum Gasteiger partial charge on any atom is 0.330 e. The molecular formula is C53H71BrN2O13. The van der Waals surface area contributed by atoms with Gasteiger partial charge in [-0.25, -0.2) is 14.8 Å². The summed E-state index contributed by atoms with van der Waals surface area (Å²) in [7, 11) is 3.22. The predicted molar refractivity (Wildman–Crippen MR) is 261 cm³/mol. The lowest BCUT2D eigenvalue weighted by molar-refractivity contribution is -0.286. The molecule has 16 heteroatoms. The predicted octanol–water partition coefficient (Wildman–Crippen LogP) is 8.76. The Morgan fingerprint density at radius 3 is 2.57 bits per heavy atom. The standard InChI is InChI=1S/C53H71BrN2O13/c1-31(16-17-38(61-6)12-10-18-54)21-44(58)47-26-42(62-7)27-53(60,69-47)28-49-55-36(29-63-49)22-33(3)51-35(5)52-34(4)45(67-51)13-9-14-48-56-43(30-64-48)46-24-37(57)23-41(66-46)25-40-20-32(2)19-39(65-40)11-8-15-50(59)68-52/h8-10,14-18,21-22,29-30,34-35,37-42,44-47,51-52,57-58,60H,2,11-13,19-20,23-28H2,1,3-7H3/b14-9+,15-8-,17-16+,18-10+,31-21+,33-22+/t34-,35-,37+,38+,39-,40+,41-,42+,44+,45+,46+,47?,51-,52-,53-/m0/s1. The van der Waals surface area contributed by atoms with Gasteiger partial charge in [-0.3, -0.25) is 0 Å². The molecule has 0 amide bonds. The van der Waals surface area contributed by atoms with Gasteiger partial charge in [0.15, 0.2) is 11.7 Å². The highest BCUT2D eigenvalue weighted by atomic mass is 79.9. The summed E-state index contributed by atoms with van der Waals surface area (Å²) < 4.78 is 55.2. The summed E-state index contributed by atoms with van der Waals surface area (Å²) in [6.45, 7) is 12.2. The molecule has 3 N–H and O–H groups in total. The lowest BCUT2D eigenvalue weighted by Gasteiger charge is -2.44. The van der Waals surface area contributed by atoms with Crippen LogP contribution in [0.2, 0.25) is 0 Å². The monoisotopic (exact) mass is 1020 g/mol. The first-order valence-electron chi connectivity index (χ1n) is 24.3. The Bertz CT molecular complexity index is 2210. The van der Waals surface area contributed by atoms with E-state index in [4.69, 9.17) is 52.0 Å². The number of aromatic nitrogens is 2. The first kappa shape index (κ1) is 53.0. The van der Waals surface area contributed by atoms with Crippen molar-refractivity contribution in [2.75, 3.05) is 14.2 Å². The fourth-order valence-corrected chi connectivity index (χ4v) is 10.6. The van der Waals surface area contributed by atoms with Crippen LogP contribution in [-0.4, -0.2) is 118 Å². The highest BCUT2D eigenvalue weighted by Crippen LogP contribution is 2.40. The summed E-state index contributed by atoms with van der Waals surface area (Å²) in [5.74, 6) is -1.95. The van der Waals surface area contributed by atoms with Crippen LogP contribution in [0.4, 0.5) is 0 Å². The lowest BCUT2D eigenvalue weighted by atomic mass is 9.79. The molecule has 4 saturated heterocycles. The fraction of sp³-hybridized carbons (Fsp3) is 0.604. The van der Waals surface area contributed by atoms with Crippen molar-refractivity contribution < 1.29 is 62.1 Å². The van der Waals surface area contributed by atoms with Crippen molar-refractivity contribution in [1.82, 2.24) is 9.97 Å². The number of methoxy groups -OCH3 is 2. The zero-order valence-electron chi connectivity index (χ0n) is 40.7. The summed E-state index contributed by atoms with van der Waals surface area (Å²) in [4.78, 5) is 24.8. The van der Waals surface area contributed by atoms with E-state index < -0.39 is 48.4 Å². The van der Waals surface area contributed by atoms with Gasteiger partial charge < -0.3 is 57.3 Å². The molecule has 15 nitrogen and oxygen atoms in total. The number of rotatable bonds is 12. The Labute approximate surface area is 414 Å². The van der Waals surface area contributed by atoms with Gasteiger partial charge in [0.25, 0.3) is 0 Å². The molecule has 2 aromatic rings. The van der Waals surface area contributed by atoms with Gasteiger partial charge >= 0.3 is 5.97 Å². The molecule has 0 aliphatic carbocycles. The van der Waals surface area contributed by atoms with E-state index in [0.29, 0.717) is 75.1 Å². The van der Waals surface area contributed by atoms with Crippen LogP contribution in [0, 0.1) is 11.8 Å². The van der Waals surface area contributed by atoms with E-state index in [1.807, 2.05) is 64.2 Å². The second kappa shape index (κ2) is 24.5. The van der Waals surface area contributed by atoms with Gasteiger partial charge in [-0.05, 0) is 75.1 Å². The topological polar surface area (TPSA) is 194 Å². The Kier molecular flexibility index (Phi) is 18.9. The number of esters is 1. The molecule has 7 heterocycles. The third-order valence-corrected chi connectivity index (χ3v) is 14.2. The summed E-state index contributed by atoms with van der Waals surface area (Å²) in [5.41, 5.74) is 3.86. The number of oxazole rings is 2. The normalized spacial score (nSPS) is 36.1. The van der Waals surface area contributed by atoms with Gasteiger partial charge in [-0.1, -0.05) is 84.0 Å². The fourth-order valence-electron chi connectivity index (χ4n) is 10.4. The maximum atomic E-state index is 13.6. The number of fused-ring (bicyclic) bond motifs is 9. The van der Waals surface area contributed by atoms with Crippen molar-refractivity contribution in [3.63, 3.8) is 0 Å². The van der Waals surface area contributed by atoms with Crippen LogP contribution in [-0.2, 0) is 44.4 Å². The molecule has 4 fully saturated rings. The second-order valence-corrected chi connectivity index (χ2v) is 20.0. The molecule has 69 heavy (non-hydrogen) atoms. The van der Waals surface area contributed by atoms with Crippen molar-refractivity contribution in [3.05, 3.63) is 107 Å². The molecule has 0 saturated carbocycles. The number of carbonyl (C=O) groups excluding carboxylic acids is 1. The number of aliphatic hydroxyl groups excluding tert-OH is 2. The first-order chi connectivity index (χ1) is 33.1. The van der Waals surface area contributed by atoms with E-state index in [9.17, 15) is 20.1 Å². The van der Waals surface area contributed by atoms with Crippen LogP contribution in [0.5, 0.6) is 0 Å². The molecule has 0 radical (unpaired) electrons. The number of carbonyl (C=O) groups is 1. The highest BCUT2D eigenvalue weighted by molar-refractivity contribution is 9.11. The highest BCUT2D eigenvalue weighted by Gasteiger charge is 2.45. The van der Waals surface area contributed by atoms with E-state index in [1.165, 1.54) is 12.3 Å². The van der Waals surface area contributed by atoms with E-state index in [-0.39, 0.29) is 67.2 Å². The summed E-state index contributed by atoms with van der Waals surface area (Å²) in [5, 5.41) is 33.9. The quantitative estimate of drug-likeness (QED) is 0.104. The minimum absolute atomic E-state index is 0.0830. The SMILES string of the molecule is C=C1C[C@@H]2C[C@@H]3C[C@@H](O)C[C@@H](O3)c3coc(n3)/C=C/C[C@H]3O[C@@H](/C(C)=C/c4coc(C[C@]5(O)C[C@H](OC)CC([C@H](O)/C=C(C)/C=C/[C@@H](C/C=C/Br)OC)O5)n4)[C@H](C)[C@@H](OC(=O)/C=C\C[C@@H](C1)O2)[C@H]3C. The smallest absolute Gasteiger partial charge is 0.330 e. The Balaban J connectivity index is 1.06. The molecule has 2 aromatic heterocycles. The van der Waals surface area contributed by atoms with Crippen LogP contribution < -0.4 is 0 Å². The van der Waals surface area contributed by atoms with E-state index in [0.717, 1.165) is 16.7 Å². The number of halogens is 1. The number of allylic oxidation sites excluding steroid dienone is 2. The summed E-state index contributed by atoms with van der Waals surface area (Å²) in [6, 6.07) is 0. The maximum absolute atomic E-state index is 13.6. The van der Waals surface area contributed by atoms with E-state index in [2.05, 4.69) is 22.5 Å². The number of nitrogens with zero attached hydrogens (tertiary/aromatic N) is 2.